The Morgan fingerprint density at radius 3 is 1.18 bits per heavy atom. The number of benzene rings is 2. The Bertz CT molecular complexity index is 1160. The molecule has 0 fully saturated rings. The molecule has 12 nitrogen and oxygen atoms in total. The average molecular weight is 532 g/mol. The summed E-state index contributed by atoms with van der Waals surface area (Å²) in [6.07, 6.45) is 2.71. The van der Waals surface area contributed by atoms with E-state index in [9.17, 15) is 29.4 Å². The Labute approximate surface area is 217 Å². The molecule has 0 bridgehead atoms. The molecule has 0 aliphatic heterocycles. The Balaban J connectivity index is 0.000000380. The predicted molar refractivity (Wildman–Crippen MR) is 133 cm³/mol. The molecule has 204 valence electrons. The summed E-state index contributed by atoms with van der Waals surface area (Å²) in [5.74, 6) is -7.77. The molecule has 0 saturated heterocycles. The van der Waals surface area contributed by atoms with Crippen LogP contribution in [0.15, 0.2) is 60.1 Å². The lowest BCUT2D eigenvalue weighted by atomic mass is 10.2. The zero-order valence-corrected chi connectivity index (χ0v) is 20.9. The number of aromatic hydroxyl groups is 2. The van der Waals surface area contributed by atoms with Gasteiger partial charge in [-0.3, -0.25) is 0 Å². The van der Waals surface area contributed by atoms with Gasteiger partial charge in [0, 0.05) is 0 Å². The van der Waals surface area contributed by atoms with Crippen LogP contribution in [-0.2, 0) is 9.59 Å². The van der Waals surface area contributed by atoms with Crippen molar-refractivity contribution in [2.24, 2.45) is 11.8 Å². The van der Waals surface area contributed by atoms with Crippen LogP contribution in [0.25, 0.3) is 0 Å². The molecule has 2 aromatic rings. The second-order valence-corrected chi connectivity index (χ2v) is 8.28. The van der Waals surface area contributed by atoms with E-state index in [1.165, 1.54) is 48.6 Å². The lowest BCUT2D eigenvalue weighted by molar-refractivity contribution is -0.136. The van der Waals surface area contributed by atoms with Crippen LogP contribution in [0.1, 0.15) is 48.4 Å². The van der Waals surface area contributed by atoms with Crippen molar-refractivity contribution < 1.29 is 59.3 Å². The summed E-state index contributed by atoms with van der Waals surface area (Å²) in [6, 6.07) is 7.67. The lowest BCUT2D eigenvalue weighted by Gasteiger charge is -2.10. The normalized spacial score (nSPS) is 11.4. The van der Waals surface area contributed by atoms with E-state index in [4.69, 9.17) is 29.9 Å². The zero-order valence-electron chi connectivity index (χ0n) is 20.9. The van der Waals surface area contributed by atoms with Crippen molar-refractivity contribution in [2.45, 2.75) is 27.7 Å². The number of aromatic carboxylic acids is 2. The van der Waals surface area contributed by atoms with Crippen molar-refractivity contribution in [1.82, 2.24) is 0 Å². The van der Waals surface area contributed by atoms with Crippen molar-refractivity contribution in [2.75, 3.05) is 0 Å². The SMILES string of the molecule is CC(C)/C=C(/Oc1cccc(C(=O)O)c1O)C(=O)O.CC(C)/C=C(\Oc1cccc(C(=O)O)c1O)C(=O)O. The van der Waals surface area contributed by atoms with Crippen LogP contribution >= 0.6 is 0 Å². The molecular formula is C26H28O12. The van der Waals surface area contributed by atoms with E-state index in [-0.39, 0.29) is 46.0 Å². The molecule has 0 atom stereocenters. The second-order valence-electron chi connectivity index (χ2n) is 8.28. The number of hydrogen-bond acceptors (Lipinski definition) is 8. The molecule has 38 heavy (non-hydrogen) atoms. The van der Waals surface area contributed by atoms with Crippen molar-refractivity contribution >= 4 is 23.9 Å². The first kappa shape index (κ1) is 31.0. The number of hydrogen-bond donors (Lipinski definition) is 6. The molecule has 0 amide bonds. The van der Waals surface area contributed by atoms with Gasteiger partial charge in [0.05, 0.1) is 0 Å². The van der Waals surface area contributed by atoms with Crippen molar-refractivity contribution in [3.8, 4) is 23.0 Å². The highest BCUT2D eigenvalue weighted by Crippen LogP contribution is 2.32. The van der Waals surface area contributed by atoms with E-state index in [2.05, 4.69) is 0 Å². The highest BCUT2D eigenvalue weighted by molar-refractivity contribution is 5.93. The van der Waals surface area contributed by atoms with Crippen LogP contribution in [0.3, 0.4) is 0 Å². The summed E-state index contributed by atoms with van der Waals surface area (Å²) >= 11 is 0. The summed E-state index contributed by atoms with van der Waals surface area (Å²) in [4.78, 5) is 43.6. The first-order chi connectivity index (χ1) is 17.6. The molecule has 2 aromatic carbocycles. The van der Waals surface area contributed by atoms with Crippen LogP contribution in [0.2, 0.25) is 0 Å². The zero-order chi connectivity index (χ0) is 29.2. The van der Waals surface area contributed by atoms with Gasteiger partial charge in [-0.25, -0.2) is 19.2 Å². The first-order valence-corrected chi connectivity index (χ1v) is 11.0. The molecule has 0 aliphatic carbocycles. The standard InChI is InChI=1S/2C13H14O6/c2*1-7(2)6-10(13(17)18)19-9-5-3-4-8(11(9)14)12(15)16/h2*3-7,14H,1-2H3,(H,15,16)(H,17,18)/b10-6+;10-6-. The summed E-state index contributed by atoms with van der Waals surface area (Å²) in [7, 11) is 0. The maximum absolute atomic E-state index is 11.0. The van der Waals surface area contributed by atoms with Gasteiger partial charge in [-0.15, -0.1) is 0 Å². The van der Waals surface area contributed by atoms with Gasteiger partial charge in [-0.1, -0.05) is 39.8 Å². The van der Waals surface area contributed by atoms with Crippen molar-refractivity contribution in [3.63, 3.8) is 0 Å². The molecule has 12 heteroatoms. The maximum atomic E-state index is 11.0. The summed E-state index contributed by atoms with van der Waals surface area (Å²) in [5, 5.41) is 55.0. The number of carboxylic acid groups (broad SMARTS) is 4. The van der Waals surface area contributed by atoms with Gasteiger partial charge in [0.2, 0.25) is 11.5 Å². The highest BCUT2D eigenvalue weighted by Gasteiger charge is 2.19. The van der Waals surface area contributed by atoms with Gasteiger partial charge in [0.1, 0.15) is 11.1 Å². The minimum atomic E-state index is -1.33. The van der Waals surface area contributed by atoms with Gasteiger partial charge in [0.25, 0.3) is 0 Å². The van der Waals surface area contributed by atoms with Gasteiger partial charge < -0.3 is 40.1 Å². The molecule has 0 spiro atoms. The van der Waals surface area contributed by atoms with E-state index in [1.807, 2.05) is 0 Å². The number of carbonyl (C=O) groups is 4. The molecule has 0 heterocycles. The number of para-hydroxylation sites is 2. The number of allylic oxidation sites excluding steroid dienone is 2. The molecule has 0 aliphatic rings. The minimum absolute atomic E-state index is 0.0732. The van der Waals surface area contributed by atoms with Crippen LogP contribution in [0.4, 0.5) is 0 Å². The van der Waals surface area contributed by atoms with Crippen LogP contribution < -0.4 is 9.47 Å². The van der Waals surface area contributed by atoms with E-state index in [1.54, 1.807) is 27.7 Å². The number of ether oxygens (including phenoxy) is 2. The number of carboxylic acids is 4. The quantitative estimate of drug-likeness (QED) is 0.188. The largest absolute Gasteiger partial charge is 0.504 e. The van der Waals surface area contributed by atoms with Crippen LogP contribution in [-0.4, -0.2) is 54.5 Å². The third-order valence-corrected chi connectivity index (χ3v) is 4.29. The third-order valence-electron chi connectivity index (χ3n) is 4.29. The molecular weight excluding hydrogens is 504 g/mol. The van der Waals surface area contributed by atoms with Gasteiger partial charge in [0.15, 0.2) is 23.0 Å². The Morgan fingerprint density at radius 2 is 0.947 bits per heavy atom. The molecule has 0 unspecified atom stereocenters. The van der Waals surface area contributed by atoms with Crippen molar-refractivity contribution in [3.05, 3.63) is 71.2 Å². The summed E-state index contributed by atoms with van der Waals surface area (Å²) < 4.78 is 10.1. The number of aliphatic carboxylic acids is 2. The van der Waals surface area contributed by atoms with Crippen molar-refractivity contribution in [1.29, 1.82) is 0 Å². The Kier molecular flexibility index (Phi) is 11.4. The third kappa shape index (κ3) is 9.22. The minimum Gasteiger partial charge on any atom is -0.504 e. The summed E-state index contributed by atoms with van der Waals surface area (Å²) in [6.45, 7) is 7.05. The van der Waals surface area contributed by atoms with Gasteiger partial charge in [-0.05, 0) is 48.3 Å². The van der Waals surface area contributed by atoms with E-state index in [0.717, 1.165) is 0 Å². The Hall–Kier alpha value is -5.00. The fourth-order valence-corrected chi connectivity index (χ4v) is 2.69. The summed E-state index contributed by atoms with van der Waals surface area (Å²) in [5.41, 5.74) is -0.710. The first-order valence-electron chi connectivity index (χ1n) is 11.0. The smallest absolute Gasteiger partial charge is 0.371 e. The van der Waals surface area contributed by atoms with Gasteiger partial charge >= 0.3 is 23.9 Å². The number of rotatable bonds is 10. The predicted octanol–water partition coefficient (Wildman–Crippen LogP) is 4.19. The van der Waals surface area contributed by atoms with Gasteiger partial charge in [-0.2, -0.15) is 0 Å². The van der Waals surface area contributed by atoms with E-state index in [0.29, 0.717) is 0 Å². The molecule has 6 N–H and O–H groups in total. The monoisotopic (exact) mass is 532 g/mol. The molecule has 0 radical (unpaired) electrons. The van der Waals surface area contributed by atoms with E-state index < -0.39 is 35.4 Å². The average Bonchev–Trinajstić information content (AvgIpc) is 2.80. The number of phenols is 2. The molecule has 0 aromatic heterocycles. The topological polar surface area (TPSA) is 208 Å². The molecule has 0 saturated carbocycles. The fourth-order valence-electron chi connectivity index (χ4n) is 2.69. The maximum Gasteiger partial charge on any atom is 0.371 e. The highest BCUT2D eigenvalue weighted by atomic mass is 16.5. The Morgan fingerprint density at radius 1 is 0.632 bits per heavy atom. The van der Waals surface area contributed by atoms with Crippen LogP contribution in [0, 0.1) is 11.8 Å². The fraction of sp³-hybridized carbons (Fsp3) is 0.231. The van der Waals surface area contributed by atoms with E-state index >= 15 is 0 Å². The van der Waals surface area contributed by atoms with Crippen LogP contribution in [0.5, 0.6) is 23.0 Å². The molecule has 2 rings (SSSR count). The lowest BCUT2D eigenvalue weighted by Crippen LogP contribution is -2.10. The second kappa shape index (κ2) is 13.9.